The number of hydrazone groups is 2. The summed E-state index contributed by atoms with van der Waals surface area (Å²) < 4.78 is 27.7. The maximum atomic E-state index is 13.8. The van der Waals surface area contributed by atoms with E-state index in [1.807, 2.05) is 0 Å². The molecule has 2 unspecified atom stereocenters. The number of rotatable bonds is 10. The fraction of sp³-hybridized carbons (Fsp3) is 0.500. The molecule has 3 rings (SSSR count). The van der Waals surface area contributed by atoms with Crippen LogP contribution in [0.3, 0.4) is 0 Å². The van der Waals surface area contributed by atoms with Gasteiger partial charge < -0.3 is 21.7 Å². The Morgan fingerprint density at radius 3 is 2.37 bits per heavy atom. The summed E-state index contributed by atoms with van der Waals surface area (Å²) in [5, 5.41) is 24.0. The van der Waals surface area contributed by atoms with Gasteiger partial charge in [0.25, 0.3) is 0 Å². The number of nitrogens with one attached hydrogen (secondary N) is 2. The number of benzene rings is 2. The number of aliphatic hydroxyl groups excluding tert-OH is 1. The van der Waals surface area contributed by atoms with Crippen LogP contribution in [-0.4, -0.2) is 47.9 Å². The van der Waals surface area contributed by atoms with Gasteiger partial charge >= 0.3 is 0 Å². The molecule has 0 spiro atoms. The van der Waals surface area contributed by atoms with Gasteiger partial charge in [-0.05, 0) is 66.3 Å². The van der Waals surface area contributed by atoms with Gasteiger partial charge in [0.15, 0.2) is 0 Å². The largest absolute Gasteiger partial charge is 0.390 e. The van der Waals surface area contributed by atoms with E-state index in [4.69, 9.17) is 11.7 Å². The molecule has 8 nitrogen and oxygen atoms in total. The van der Waals surface area contributed by atoms with E-state index in [1.54, 1.807) is 7.05 Å². The number of nitrogens with zero attached hydrogens (tertiary/aromatic N) is 3. The molecule has 1 aliphatic carbocycles. The fourth-order valence-electron chi connectivity index (χ4n) is 5.10. The second-order valence-electron chi connectivity index (χ2n) is 11.0. The van der Waals surface area contributed by atoms with Crippen LogP contribution in [0.5, 0.6) is 0 Å². The van der Waals surface area contributed by atoms with Crippen molar-refractivity contribution in [2.24, 2.45) is 21.9 Å². The molecule has 38 heavy (non-hydrogen) atoms. The standard InChI is InChI=1S/C28H41F2N7O/c1-27(2,3)20-6-5-7-21(15-20)28(10-8-24(9-11-28)36-33-4)34-17-26(38)25(37(32)18-35-31)14-19-12-22(29)16-23(30)13-19/h5-7,12-13,15-16,18,25-26,33-34,38H,8-11,14,17,31-32H2,1-4H3/b35-18-,36-24?. The molecule has 2 atom stereocenters. The van der Waals surface area contributed by atoms with Gasteiger partial charge in [0.2, 0.25) is 0 Å². The Labute approximate surface area is 224 Å². The maximum Gasteiger partial charge on any atom is 0.126 e. The zero-order valence-electron chi connectivity index (χ0n) is 22.7. The molecule has 1 aliphatic rings. The molecule has 7 N–H and O–H groups in total. The minimum absolute atomic E-state index is 0.0168. The van der Waals surface area contributed by atoms with E-state index in [2.05, 4.69) is 66.0 Å². The van der Waals surface area contributed by atoms with Crippen molar-refractivity contribution in [2.45, 2.75) is 76.0 Å². The van der Waals surface area contributed by atoms with Crippen molar-refractivity contribution in [1.82, 2.24) is 15.8 Å². The number of hydrogen-bond acceptors (Lipinski definition) is 7. The smallest absolute Gasteiger partial charge is 0.126 e. The van der Waals surface area contributed by atoms with Gasteiger partial charge in [-0.1, -0.05) is 45.0 Å². The van der Waals surface area contributed by atoms with Crippen molar-refractivity contribution < 1.29 is 13.9 Å². The van der Waals surface area contributed by atoms with Gasteiger partial charge in [-0.3, -0.25) is 5.01 Å². The zero-order chi connectivity index (χ0) is 27.9. The Morgan fingerprint density at radius 2 is 1.79 bits per heavy atom. The number of aliphatic hydroxyl groups is 1. The van der Waals surface area contributed by atoms with Gasteiger partial charge in [-0.25, -0.2) is 14.6 Å². The summed E-state index contributed by atoms with van der Waals surface area (Å²) >= 11 is 0. The summed E-state index contributed by atoms with van der Waals surface area (Å²) in [4.78, 5) is 0. The van der Waals surface area contributed by atoms with E-state index in [1.165, 1.54) is 29.0 Å². The van der Waals surface area contributed by atoms with Crippen molar-refractivity contribution in [2.75, 3.05) is 13.6 Å². The number of halogens is 2. The van der Waals surface area contributed by atoms with Crippen LogP contribution in [0.2, 0.25) is 0 Å². The average Bonchev–Trinajstić information content (AvgIpc) is 2.86. The molecule has 0 saturated heterocycles. The lowest BCUT2D eigenvalue weighted by Crippen LogP contribution is -2.55. The van der Waals surface area contributed by atoms with Crippen molar-refractivity contribution >= 4 is 12.1 Å². The second kappa shape index (κ2) is 12.6. The second-order valence-corrected chi connectivity index (χ2v) is 11.0. The van der Waals surface area contributed by atoms with Gasteiger partial charge in [-0.2, -0.15) is 10.2 Å². The predicted molar refractivity (Wildman–Crippen MR) is 148 cm³/mol. The van der Waals surface area contributed by atoms with Crippen molar-refractivity contribution in [3.05, 3.63) is 70.8 Å². The van der Waals surface area contributed by atoms with E-state index in [-0.39, 0.29) is 18.4 Å². The highest BCUT2D eigenvalue weighted by Gasteiger charge is 2.37. The third-order valence-corrected chi connectivity index (χ3v) is 7.28. The first-order valence-corrected chi connectivity index (χ1v) is 12.9. The minimum atomic E-state index is -1.00. The maximum absolute atomic E-state index is 13.8. The highest BCUT2D eigenvalue weighted by molar-refractivity contribution is 5.85. The molecule has 0 aromatic heterocycles. The predicted octanol–water partition coefficient (Wildman–Crippen LogP) is 3.25. The Morgan fingerprint density at radius 1 is 1.13 bits per heavy atom. The van der Waals surface area contributed by atoms with Crippen LogP contribution in [0.25, 0.3) is 0 Å². The number of nitrogens with two attached hydrogens (primary N) is 2. The van der Waals surface area contributed by atoms with Crippen molar-refractivity contribution in [1.29, 1.82) is 0 Å². The fourth-order valence-corrected chi connectivity index (χ4v) is 5.10. The summed E-state index contributed by atoms with van der Waals surface area (Å²) in [7, 11) is 1.80. The topological polar surface area (TPSA) is 124 Å². The molecule has 208 valence electrons. The van der Waals surface area contributed by atoms with Crippen LogP contribution >= 0.6 is 0 Å². The quantitative estimate of drug-likeness (QED) is 0.139. The molecule has 2 aromatic rings. The third kappa shape index (κ3) is 7.49. The molecular weight excluding hydrogens is 488 g/mol. The highest BCUT2D eigenvalue weighted by Crippen LogP contribution is 2.38. The molecule has 0 heterocycles. The van der Waals surface area contributed by atoms with Crippen LogP contribution in [0.4, 0.5) is 8.78 Å². The Bertz CT molecular complexity index is 1100. The lowest BCUT2D eigenvalue weighted by molar-refractivity contribution is 0.0733. The lowest BCUT2D eigenvalue weighted by atomic mass is 9.74. The van der Waals surface area contributed by atoms with Crippen LogP contribution < -0.4 is 22.4 Å². The summed E-state index contributed by atoms with van der Waals surface area (Å²) in [6.07, 6.45) is 3.48. The average molecular weight is 530 g/mol. The first-order valence-electron chi connectivity index (χ1n) is 12.9. The SMILES string of the molecule is CNN=C1CCC(NCC(O)C(Cc2cc(F)cc(F)c2)N(N)/C=N\N)(c2cccc(C(C)(C)C)c2)CC1. The Kier molecular flexibility index (Phi) is 9.81. The minimum Gasteiger partial charge on any atom is -0.390 e. The molecule has 0 radical (unpaired) electrons. The van der Waals surface area contributed by atoms with E-state index >= 15 is 0 Å². The normalized spacial score (nSPS) is 19.8. The summed E-state index contributed by atoms with van der Waals surface area (Å²) in [5.41, 5.74) is 6.32. The van der Waals surface area contributed by atoms with Crippen LogP contribution in [0.15, 0.2) is 52.7 Å². The van der Waals surface area contributed by atoms with Crippen LogP contribution in [-0.2, 0) is 17.4 Å². The monoisotopic (exact) mass is 529 g/mol. The van der Waals surface area contributed by atoms with Crippen molar-refractivity contribution in [3.63, 3.8) is 0 Å². The number of hydrogen-bond donors (Lipinski definition) is 5. The molecule has 0 aliphatic heterocycles. The summed E-state index contributed by atoms with van der Waals surface area (Å²) in [6, 6.07) is 11.1. The molecule has 0 amide bonds. The van der Waals surface area contributed by atoms with Gasteiger partial charge in [0, 0.05) is 30.9 Å². The van der Waals surface area contributed by atoms with E-state index in [0.717, 1.165) is 43.0 Å². The molecule has 2 aromatic carbocycles. The summed E-state index contributed by atoms with van der Waals surface area (Å²) in [5.74, 6) is 10.0. The zero-order valence-corrected chi connectivity index (χ0v) is 22.7. The lowest BCUT2D eigenvalue weighted by Gasteiger charge is -2.41. The third-order valence-electron chi connectivity index (χ3n) is 7.28. The van der Waals surface area contributed by atoms with E-state index in [9.17, 15) is 13.9 Å². The van der Waals surface area contributed by atoms with Gasteiger partial charge in [0.05, 0.1) is 12.1 Å². The van der Waals surface area contributed by atoms with E-state index < -0.39 is 29.3 Å². The first-order chi connectivity index (χ1) is 18.0. The Hall–Kier alpha value is -3.08. The molecule has 1 fully saturated rings. The van der Waals surface area contributed by atoms with Gasteiger partial charge in [0.1, 0.15) is 18.0 Å². The molecule has 10 heteroatoms. The highest BCUT2D eigenvalue weighted by atomic mass is 19.1. The first kappa shape index (κ1) is 29.5. The molecular formula is C28H41F2N7O. The van der Waals surface area contributed by atoms with E-state index in [0.29, 0.717) is 5.56 Å². The van der Waals surface area contributed by atoms with Crippen LogP contribution in [0, 0.1) is 11.6 Å². The van der Waals surface area contributed by atoms with Gasteiger partial charge in [-0.15, -0.1) is 0 Å². The van der Waals surface area contributed by atoms with Crippen LogP contribution in [0.1, 0.15) is 63.1 Å². The Balaban J connectivity index is 1.88. The summed E-state index contributed by atoms with van der Waals surface area (Å²) in [6.45, 7) is 6.74. The molecule has 0 bridgehead atoms. The molecule has 1 saturated carbocycles. The number of hydrazine groups is 1. The van der Waals surface area contributed by atoms with Crippen molar-refractivity contribution in [3.8, 4) is 0 Å².